The number of aryl methyl sites for hydroxylation is 2. The highest BCUT2D eigenvalue weighted by atomic mass is 16.5. The Morgan fingerprint density at radius 2 is 2.33 bits per heavy atom. The van der Waals surface area contributed by atoms with E-state index in [0.717, 1.165) is 6.42 Å². The zero-order valence-electron chi connectivity index (χ0n) is 11.2. The second-order valence-electron chi connectivity index (χ2n) is 4.89. The summed E-state index contributed by atoms with van der Waals surface area (Å²) in [6, 6.07) is 0.460. The summed E-state index contributed by atoms with van der Waals surface area (Å²) < 4.78 is 6.79. The molecule has 2 rings (SSSR count). The van der Waals surface area contributed by atoms with Crippen molar-refractivity contribution in [3.05, 3.63) is 23.5 Å². The lowest BCUT2D eigenvalue weighted by Gasteiger charge is -2.13. The maximum absolute atomic E-state index is 11.2. The molecule has 1 aromatic rings. The van der Waals surface area contributed by atoms with Crippen molar-refractivity contribution in [2.75, 3.05) is 14.2 Å². The van der Waals surface area contributed by atoms with E-state index in [1.165, 1.54) is 37.5 Å². The van der Waals surface area contributed by atoms with Crippen LogP contribution >= 0.6 is 0 Å². The molecule has 1 aromatic heterocycles. The van der Waals surface area contributed by atoms with Crippen molar-refractivity contribution < 1.29 is 9.53 Å². The summed E-state index contributed by atoms with van der Waals surface area (Å²) >= 11 is 0. The van der Waals surface area contributed by atoms with E-state index < -0.39 is 0 Å². The Balaban J connectivity index is 2.09. The molecule has 18 heavy (non-hydrogen) atoms. The number of aromatic nitrogens is 1. The van der Waals surface area contributed by atoms with Crippen LogP contribution in [-0.4, -0.2) is 24.7 Å². The molecule has 0 radical (unpaired) electrons. The Hall–Kier alpha value is -1.29. The third-order valence-corrected chi connectivity index (χ3v) is 3.71. The minimum absolute atomic E-state index is 0.149. The lowest BCUT2D eigenvalue weighted by Crippen LogP contribution is -2.15. The van der Waals surface area contributed by atoms with Crippen LogP contribution in [0.5, 0.6) is 0 Å². The SMILES string of the molecule is CNC1CCCCc2cn(CCC(=O)OC)cc21. The van der Waals surface area contributed by atoms with Gasteiger partial charge in [-0.2, -0.15) is 0 Å². The van der Waals surface area contributed by atoms with Crippen LogP contribution in [-0.2, 0) is 22.5 Å². The van der Waals surface area contributed by atoms with Gasteiger partial charge < -0.3 is 14.6 Å². The molecule has 1 heterocycles. The summed E-state index contributed by atoms with van der Waals surface area (Å²) in [5.41, 5.74) is 2.83. The van der Waals surface area contributed by atoms with Gasteiger partial charge in [0, 0.05) is 25.0 Å². The summed E-state index contributed by atoms with van der Waals surface area (Å²) in [5, 5.41) is 3.38. The molecule has 1 unspecified atom stereocenters. The van der Waals surface area contributed by atoms with Crippen LogP contribution in [0.2, 0.25) is 0 Å². The number of rotatable bonds is 4. The van der Waals surface area contributed by atoms with Crippen molar-refractivity contribution in [2.24, 2.45) is 0 Å². The molecule has 0 bridgehead atoms. The van der Waals surface area contributed by atoms with Crippen LogP contribution in [0.15, 0.2) is 12.4 Å². The maximum atomic E-state index is 11.2. The highest BCUT2D eigenvalue weighted by molar-refractivity contribution is 5.69. The average molecular weight is 250 g/mol. The van der Waals surface area contributed by atoms with E-state index >= 15 is 0 Å². The number of fused-ring (bicyclic) bond motifs is 1. The fraction of sp³-hybridized carbons (Fsp3) is 0.643. The van der Waals surface area contributed by atoms with Crippen molar-refractivity contribution in [1.82, 2.24) is 9.88 Å². The molecule has 4 nitrogen and oxygen atoms in total. The van der Waals surface area contributed by atoms with Crippen LogP contribution in [0.3, 0.4) is 0 Å². The first-order valence-corrected chi connectivity index (χ1v) is 6.67. The minimum atomic E-state index is -0.149. The number of hydrogen-bond donors (Lipinski definition) is 1. The van der Waals surface area contributed by atoms with E-state index in [4.69, 9.17) is 0 Å². The molecule has 1 aliphatic carbocycles. The van der Waals surface area contributed by atoms with Crippen molar-refractivity contribution in [1.29, 1.82) is 0 Å². The quantitative estimate of drug-likeness (QED) is 0.657. The van der Waals surface area contributed by atoms with Crippen LogP contribution < -0.4 is 5.32 Å². The molecule has 0 saturated carbocycles. The minimum Gasteiger partial charge on any atom is -0.469 e. The van der Waals surface area contributed by atoms with Gasteiger partial charge in [0.15, 0.2) is 0 Å². The van der Waals surface area contributed by atoms with Gasteiger partial charge in [-0.1, -0.05) is 6.42 Å². The second kappa shape index (κ2) is 6.05. The fourth-order valence-electron chi connectivity index (χ4n) is 2.67. The summed E-state index contributed by atoms with van der Waals surface area (Å²) in [4.78, 5) is 11.2. The number of esters is 1. The maximum Gasteiger partial charge on any atom is 0.307 e. The van der Waals surface area contributed by atoms with E-state index in [9.17, 15) is 4.79 Å². The fourth-order valence-corrected chi connectivity index (χ4v) is 2.67. The van der Waals surface area contributed by atoms with Gasteiger partial charge in [0.1, 0.15) is 0 Å². The zero-order chi connectivity index (χ0) is 13.0. The number of nitrogens with one attached hydrogen (secondary N) is 1. The van der Waals surface area contributed by atoms with Crippen molar-refractivity contribution >= 4 is 5.97 Å². The molecule has 100 valence electrons. The Morgan fingerprint density at radius 3 is 3.06 bits per heavy atom. The number of methoxy groups -OCH3 is 1. The lowest BCUT2D eigenvalue weighted by atomic mass is 10.1. The van der Waals surface area contributed by atoms with E-state index in [0.29, 0.717) is 19.0 Å². The highest BCUT2D eigenvalue weighted by Crippen LogP contribution is 2.29. The predicted molar refractivity (Wildman–Crippen MR) is 70.4 cm³/mol. The van der Waals surface area contributed by atoms with E-state index in [1.807, 2.05) is 7.05 Å². The molecule has 0 saturated heterocycles. The van der Waals surface area contributed by atoms with Gasteiger partial charge in [-0.05, 0) is 37.4 Å². The standard InChI is InChI=1S/C14H22N2O2/c1-15-13-6-4-3-5-11-9-16(10-12(11)13)8-7-14(17)18-2/h9-10,13,15H,3-8H2,1-2H3. The second-order valence-corrected chi connectivity index (χ2v) is 4.89. The molecule has 0 aliphatic heterocycles. The number of nitrogens with zero attached hydrogens (tertiary/aromatic N) is 1. The van der Waals surface area contributed by atoms with Crippen molar-refractivity contribution in [3.63, 3.8) is 0 Å². The summed E-state index contributed by atoms with van der Waals surface area (Å²) in [7, 11) is 3.45. The summed E-state index contributed by atoms with van der Waals surface area (Å²) in [6.07, 6.45) is 9.70. The summed E-state index contributed by atoms with van der Waals surface area (Å²) in [5.74, 6) is -0.149. The predicted octanol–water partition coefficient (Wildman–Crippen LogP) is 2.04. The zero-order valence-corrected chi connectivity index (χ0v) is 11.2. The van der Waals surface area contributed by atoms with Gasteiger partial charge in [0.2, 0.25) is 0 Å². The molecule has 0 amide bonds. The summed E-state index contributed by atoms with van der Waals surface area (Å²) in [6.45, 7) is 0.704. The Bertz CT molecular complexity index is 412. The normalized spacial score (nSPS) is 19.1. The molecule has 1 aliphatic rings. The van der Waals surface area contributed by atoms with Gasteiger partial charge in [0.05, 0.1) is 13.5 Å². The number of carbonyl (C=O) groups is 1. The van der Waals surface area contributed by atoms with E-state index in [-0.39, 0.29) is 5.97 Å². The molecular formula is C14H22N2O2. The Kier molecular flexibility index (Phi) is 4.42. The highest BCUT2D eigenvalue weighted by Gasteiger charge is 2.19. The van der Waals surface area contributed by atoms with Crippen LogP contribution in [0, 0.1) is 0 Å². The molecule has 1 atom stereocenters. The molecule has 4 heteroatoms. The van der Waals surface area contributed by atoms with Gasteiger partial charge in [-0.15, -0.1) is 0 Å². The lowest BCUT2D eigenvalue weighted by molar-refractivity contribution is -0.140. The van der Waals surface area contributed by atoms with Gasteiger partial charge in [0.25, 0.3) is 0 Å². The number of ether oxygens (including phenoxy) is 1. The van der Waals surface area contributed by atoms with Gasteiger partial charge in [-0.25, -0.2) is 0 Å². The van der Waals surface area contributed by atoms with Crippen LogP contribution in [0.25, 0.3) is 0 Å². The largest absolute Gasteiger partial charge is 0.469 e. The Labute approximate surface area is 108 Å². The molecular weight excluding hydrogens is 228 g/mol. The van der Waals surface area contributed by atoms with E-state index in [1.54, 1.807) is 0 Å². The molecule has 1 N–H and O–H groups in total. The number of carbonyl (C=O) groups excluding carboxylic acids is 1. The third kappa shape index (κ3) is 2.93. The number of hydrogen-bond acceptors (Lipinski definition) is 3. The van der Waals surface area contributed by atoms with Crippen molar-refractivity contribution in [3.8, 4) is 0 Å². The van der Waals surface area contributed by atoms with E-state index in [2.05, 4.69) is 27.0 Å². The van der Waals surface area contributed by atoms with Crippen LogP contribution in [0.1, 0.15) is 42.9 Å². The monoisotopic (exact) mass is 250 g/mol. The first-order chi connectivity index (χ1) is 8.74. The molecule has 0 spiro atoms. The first kappa shape index (κ1) is 13.1. The third-order valence-electron chi connectivity index (χ3n) is 3.71. The topological polar surface area (TPSA) is 43.3 Å². The van der Waals surface area contributed by atoms with Gasteiger partial charge in [-0.3, -0.25) is 4.79 Å². The average Bonchev–Trinajstić information content (AvgIpc) is 2.70. The van der Waals surface area contributed by atoms with Crippen molar-refractivity contribution in [2.45, 2.75) is 44.7 Å². The Morgan fingerprint density at radius 1 is 1.50 bits per heavy atom. The smallest absolute Gasteiger partial charge is 0.307 e. The van der Waals surface area contributed by atoms with Gasteiger partial charge >= 0.3 is 5.97 Å². The van der Waals surface area contributed by atoms with Crippen LogP contribution in [0.4, 0.5) is 0 Å². The molecule has 0 aromatic carbocycles. The molecule has 0 fully saturated rings. The first-order valence-electron chi connectivity index (χ1n) is 6.67.